The summed E-state index contributed by atoms with van der Waals surface area (Å²) in [5.41, 5.74) is 1.69. The molecular weight excluding hydrogens is 385 g/mol. The number of halogens is 3. The lowest BCUT2D eigenvalue weighted by atomic mass is 10.1. The third-order valence-corrected chi connectivity index (χ3v) is 4.40. The molecule has 3 heterocycles. The Balaban J connectivity index is 1.82. The number of benzene rings is 1. The Bertz CT molecular complexity index is 1190. The summed E-state index contributed by atoms with van der Waals surface area (Å²) in [7, 11) is 3.08. The van der Waals surface area contributed by atoms with Crippen molar-refractivity contribution in [1.29, 1.82) is 0 Å². The van der Waals surface area contributed by atoms with Crippen molar-refractivity contribution in [1.82, 2.24) is 19.6 Å². The van der Waals surface area contributed by atoms with Crippen LogP contribution in [-0.2, 0) is 6.18 Å². The van der Waals surface area contributed by atoms with Crippen LogP contribution in [0, 0.1) is 0 Å². The SMILES string of the molecule is COc1ccc(-c2ccc3ncc(-c4cncc(C(F)(F)F)c4)n3n2)cc1OC. The van der Waals surface area contributed by atoms with Crippen LogP contribution in [-0.4, -0.2) is 33.8 Å². The first-order valence-electron chi connectivity index (χ1n) is 8.50. The number of rotatable bonds is 4. The van der Waals surface area contributed by atoms with Gasteiger partial charge in [-0.25, -0.2) is 9.50 Å². The van der Waals surface area contributed by atoms with Gasteiger partial charge in [-0.1, -0.05) is 0 Å². The van der Waals surface area contributed by atoms with E-state index in [1.54, 1.807) is 31.4 Å². The first-order chi connectivity index (χ1) is 13.9. The molecule has 9 heteroatoms. The van der Waals surface area contributed by atoms with Crippen LogP contribution in [0.4, 0.5) is 13.2 Å². The molecule has 0 radical (unpaired) electrons. The van der Waals surface area contributed by atoms with Crippen LogP contribution in [0.2, 0.25) is 0 Å². The van der Waals surface area contributed by atoms with Gasteiger partial charge in [0.25, 0.3) is 0 Å². The molecule has 0 saturated heterocycles. The van der Waals surface area contributed by atoms with Crippen molar-refractivity contribution < 1.29 is 22.6 Å². The van der Waals surface area contributed by atoms with Crippen LogP contribution >= 0.6 is 0 Å². The van der Waals surface area contributed by atoms with E-state index in [0.717, 1.165) is 17.8 Å². The lowest BCUT2D eigenvalue weighted by Crippen LogP contribution is -2.06. The molecule has 0 unspecified atom stereocenters. The van der Waals surface area contributed by atoms with E-state index in [1.807, 2.05) is 6.07 Å². The number of alkyl halides is 3. The lowest BCUT2D eigenvalue weighted by Gasteiger charge is -2.10. The summed E-state index contributed by atoms with van der Waals surface area (Å²) < 4.78 is 51.2. The lowest BCUT2D eigenvalue weighted by molar-refractivity contribution is -0.137. The number of imidazole rings is 1. The number of hydrogen-bond acceptors (Lipinski definition) is 5. The molecule has 1 aromatic carbocycles. The van der Waals surface area contributed by atoms with Crippen LogP contribution in [0.1, 0.15) is 5.56 Å². The van der Waals surface area contributed by atoms with Crippen molar-refractivity contribution in [3.63, 3.8) is 0 Å². The number of ether oxygens (including phenoxy) is 2. The fraction of sp³-hybridized carbons (Fsp3) is 0.150. The molecule has 0 saturated carbocycles. The summed E-state index contributed by atoms with van der Waals surface area (Å²) in [6.07, 6.45) is -0.877. The molecule has 0 atom stereocenters. The molecule has 148 valence electrons. The summed E-state index contributed by atoms with van der Waals surface area (Å²) in [4.78, 5) is 7.95. The normalized spacial score (nSPS) is 11.6. The van der Waals surface area contributed by atoms with Gasteiger partial charge >= 0.3 is 6.18 Å². The maximum absolute atomic E-state index is 13.0. The Morgan fingerprint density at radius 3 is 2.38 bits per heavy atom. The van der Waals surface area contributed by atoms with Gasteiger partial charge in [0, 0.05) is 23.5 Å². The number of pyridine rings is 1. The van der Waals surface area contributed by atoms with Crippen molar-refractivity contribution in [2.24, 2.45) is 0 Å². The average molecular weight is 400 g/mol. The predicted octanol–water partition coefficient (Wildman–Crippen LogP) is 4.49. The van der Waals surface area contributed by atoms with E-state index in [1.165, 1.54) is 24.0 Å². The maximum Gasteiger partial charge on any atom is 0.417 e. The fourth-order valence-electron chi connectivity index (χ4n) is 2.95. The highest BCUT2D eigenvalue weighted by Gasteiger charge is 2.31. The molecule has 0 aliphatic carbocycles. The van der Waals surface area contributed by atoms with Gasteiger partial charge in [-0.2, -0.15) is 18.3 Å². The first-order valence-corrected chi connectivity index (χ1v) is 8.50. The number of hydrogen-bond donors (Lipinski definition) is 0. The molecule has 0 N–H and O–H groups in total. The van der Waals surface area contributed by atoms with Crippen molar-refractivity contribution in [3.05, 3.63) is 60.6 Å². The minimum atomic E-state index is -4.48. The molecule has 0 spiro atoms. The maximum atomic E-state index is 13.0. The number of methoxy groups -OCH3 is 2. The summed E-state index contributed by atoms with van der Waals surface area (Å²) in [5, 5.41) is 4.55. The van der Waals surface area contributed by atoms with Crippen LogP contribution in [0.5, 0.6) is 11.5 Å². The van der Waals surface area contributed by atoms with Crippen LogP contribution in [0.15, 0.2) is 55.0 Å². The monoisotopic (exact) mass is 400 g/mol. The van der Waals surface area contributed by atoms with Gasteiger partial charge in [0.2, 0.25) is 0 Å². The highest BCUT2D eigenvalue weighted by Crippen LogP contribution is 2.33. The Hall–Kier alpha value is -3.62. The van der Waals surface area contributed by atoms with Gasteiger partial charge in [0.05, 0.1) is 37.4 Å². The Labute approximate surface area is 163 Å². The second-order valence-electron chi connectivity index (χ2n) is 6.16. The molecule has 0 aliphatic rings. The molecule has 29 heavy (non-hydrogen) atoms. The van der Waals surface area contributed by atoms with E-state index in [0.29, 0.717) is 28.5 Å². The molecule has 6 nitrogen and oxygen atoms in total. The van der Waals surface area contributed by atoms with Gasteiger partial charge in [0.1, 0.15) is 0 Å². The van der Waals surface area contributed by atoms with E-state index in [9.17, 15) is 13.2 Å². The van der Waals surface area contributed by atoms with Gasteiger partial charge in [0.15, 0.2) is 17.1 Å². The Morgan fingerprint density at radius 1 is 0.862 bits per heavy atom. The van der Waals surface area contributed by atoms with E-state index in [4.69, 9.17) is 9.47 Å². The smallest absolute Gasteiger partial charge is 0.417 e. The van der Waals surface area contributed by atoms with Gasteiger partial charge < -0.3 is 9.47 Å². The molecule has 4 rings (SSSR count). The molecule has 0 fully saturated rings. The molecule has 0 amide bonds. The standard InChI is InChI=1S/C20H15F3N4O2/c1-28-17-5-3-12(8-18(17)29-2)15-4-6-19-25-11-16(27(19)26-15)13-7-14(10-24-9-13)20(21,22)23/h3-11H,1-2H3. The van der Waals surface area contributed by atoms with Crippen molar-refractivity contribution >= 4 is 5.65 Å². The van der Waals surface area contributed by atoms with E-state index >= 15 is 0 Å². The largest absolute Gasteiger partial charge is 0.493 e. The van der Waals surface area contributed by atoms with Crippen LogP contribution in [0.25, 0.3) is 28.2 Å². The second-order valence-corrected chi connectivity index (χ2v) is 6.16. The minimum absolute atomic E-state index is 0.268. The summed E-state index contributed by atoms with van der Waals surface area (Å²) in [5.74, 6) is 1.12. The quantitative estimate of drug-likeness (QED) is 0.505. The Kier molecular flexibility index (Phi) is 4.57. The van der Waals surface area contributed by atoms with Crippen LogP contribution in [0.3, 0.4) is 0 Å². The highest BCUT2D eigenvalue weighted by atomic mass is 19.4. The van der Waals surface area contributed by atoms with E-state index < -0.39 is 11.7 Å². The molecular formula is C20H15F3N4O2. The molecule has 4 aromatic rings. The van der Waals surface area contributed by atoms with Gasteiger partial charge in [-0.15, -0.1) is 0 Å². The zero-order valence-corrected chi connectivity index (χ0v) is 15.4. The average Bonchev–Trinajstić information content (AvgIpc) is 3.16. The summed E-state index contributed by atoms with van der Waals surface area (Å²) in [6.45, 7) is 0. The second kappa shape index (κ2) is 7.08. The number of fused-ring (bicyclic) bond motifs is 1. The van der Waals surface area contributed by atoms with Gasteiger partial charge in [-0.05, 0) is 36.4 Å². The van der Waals surface area contributed by atoms with E-state index in [-0.39, 0.29) is 5.56 Å². The fourth-order valence-corrected chi connectivity index (χ4v) is 2.95. The molecule has 3 aromatic heterocycles. The highest BCUT2D eigenvalue weighted by molar-refractivity contribution is 5.67. The first kappa shape index (κ1) is 18.7. The van der Waals surface area contributed by atoms with E-state index in [2.05, 4.69) is 15.1 Å². The predicted molar refractivity (Wildman–Crippen MR) is 99.8 cm³/mol. The number of nitrogens with zero attached hydrogens (tertiary/aromatic N) is 4. The third kappa shape index (κ3) is 3.46. The third-order valence-electron chi connectivity index (χ3n) is 4.40. The topological polar surface area (TPSA) is 61.5 Å². The molecule has 0 aliphatic heterocycles. The zero-order chi connectivity index (χ0) is 20.6. The summed E-state index contributed by atoms with van der Waals surface area (Å²) >= 11 is 0. The van der Waals surface area contributed by atoms with Gasteiger partial charge in [-0.3, -0.25) is 4.98 Å². The molecule has 0 bridgehead atoms. The minimum Gasteiger partial charge on any atom is -0.493 e. The van der Waals surface area contributed by atoms with Crippen molar-refractivity contribution in [2.45, 2.75) is 6.18 Å². The summed E-state index contributed by atoms with van der Waals surface area (Å²) in [6, 6.07) is 9.89. The van der Waals surface area contributed by atoms with Crippen molar-refractivity contribution in [2.75, 3.05) is 14.2 Å². The number of aromatic nitrogens is 4. The van der Waals surface area contributed by atoms with Crippen molar-refractivity contribution in [3.8, 4) is 34.0 Å². The zero-order valence-electron chi connectivity index (χ0n) is 15.4. The van der Waals surface area contributed by atoms with Crippen LogP contribution < -0.4 is 9.47 Å². The Morgan fingerprint density at radius 2 is 1.66 bits per heavy atom.